The third-order valence-electron chi connectivity index (χ3n) is 4.09. The molecule has 2 rings (SSSR count). The highest BCUT2D eigenvalue weighted by molar-refractivity contribution is 6.30. The lowest BCUT2D eigenvalue weighted by Crippen LogP contribution is -2.34. The van der Waals surface area contributed by atoms with Crippen LogP contribution in [0.15, 0.2) is 18.2 Å². The van der Waals surface area contributed by atoms with Gasteiger partial charge in [-0.05, 0) is 44.0 Å². The monoisotopic (exact) mass is 342 g/mol. The Morgan fingerprint density at radius 1 is 1.39 bits per heavy atom. The molecule has 1 aromatic carbocycles. The summed E-state index contributed by atoms with van der Waals surface area (Å²) < 4.78 is 5.44. The summed E-state index contributed by atoms with van der Waals surface area (Å²) in [5.41, 5.74) is 5.00. The van der Waals surface area contributed by atoms with Crippen LogP contribution in [0.25, 0.3) is 0 Å². The van der Waals surface area contributed by atoms with E-state index in [1.165, 1.54) is 0 Å². The Morgan fingerprint density at radius 2 is 2.17 bits per heavy atom. The molecule has 1 saturated heterocycles. The normalized spacial score (nSPS) is 22.6. The van der Waals surface area contributed by atoms with Crippen LogP contribution in [0.1, 0.15) is 24.8 Å². The maximum Gasteiger partial charge on any atom is 0.255 e. The molecular weight excluding hydrogens is 320 g/mol. The van der Waals surface area contributed by atoms with Crippen molar-refractivity contribution in [2.24, 2.45) is 5.73 Å². The molecule has 1 fully saturated rings. The molecule has 0 spiro atoms. The molecule has 1 aliphatic heterocycles. The lowest BCUT2D eigenvalue weighted by Gasteiger charge is -2.25. The molecule has 0 aliphatic carbocycles. The smallest absolute Gasteiger partial charge is 0.255 e. The molecule has 128 valence electrons. The minimum Gasteiger partial charge on any atom is -0.483 e. The number of nitrogens with two attached hydrogens (primary N) is 1. The van der Waals surface area contributed by atoms with Gasteiger partial charge in [0, 0.05) is 23.7 Å². The molecule has 1 atom stereocenters. The number of aliphatic hydroxyl groups is 2. The van der Waals surface area contributed by atoms with Gasteiger partial charge in [-0.1, -0.05) is 11.6 Å². The number of halogens is 1. The fraction of sp³-hybridized carbons (Fsp3) is 0.562. The van der Waals surface area contributed by atoms with Gasteiger partial charge >= 0.3 is 0 Å². The fourth-order valence-electron chi connectivity index (χ4n) is 2.75. The summed E-state index contributed by atoms with van der Waals surface area (Å²) in [6.07, 6.45) is 1.90. The van der Waals surface area contributed by atoms with E-state index in [4.69, 9.17) is 22.1 Å². The lowest BCUT2D eigenvalue weighted by molar-refractivity contribution is -0.119. The average Bonchev–Trinajstić information content (AvgIpc) is 2.69. The van der Waals surface area contributed by atoms with Gasteiger partial charge in [-0.2, -0.15) is 0 Å². The Hall–Kier alpha value is -1.34. The maximum atomic E-state index is 10.9. The molecule has 4 N–H and O–H groups in total. The van der Waals surface area contributed by atoms with Crippen molar-refractivity contribution in [3.8, 4) is 5.75 Å². The highest BCUT2D eigenvalue weighted by Crippen LogP contribution is 2.27. The second-order valence-corrected chi connectivity index (χ2v) is 6.46. The summed E-state index contributed by atoms with van der Waals surface area (Å²) in [6.45, 7) is 1.67. The van der Waals surface area contributed by atoms with Crippen molar-refractivity contribution >= 4 is 17.5 Å². The van der Waals surface area contributed by atoms with Crippen molar-refractivity contribution in [1.82, 2.24) is 4.90 Å². The van der Waals surface area contributed by atoms with Crippen LogP contribution in [-0.4, -0.2) is 52.9 Å². The second kappa shape index (κ2) is 7.97. The zero-order valence-corrected chi connectivity index (χ0v) is 13.8. The van der Waals surface area contributed by atoms with Crippen molar-refractivity contribution in [3.63, 3.8) is 0 Å². The molecule has 0 bridgehead atoms. The second-order valence-electron chi connectivity index (χ2n) is 6.02. The van der Waals surface area contributed by atoms with Gasteiger partial charge in [0.2, 0.25) is 0 Å². The summed E-state index contributed by atoms with van der Waals surface area (Å²) in [5.74, 6) is 0.0450. The van der Waals surface area contributed by atoms with Crippen LogP contribution in [0, 0.1) is 0 Å². The number of carbonyl (C=O) groups is 1. The first-order chi connectivity index (χ1) is 10.9. The van der Waals surface area contributed by atoms with Gasteiger partial charge in [0.15, 0.2) is 6.61 Å². The molecule has 1 aromatic rings. The zero-order chi connectivity index (χ0) is 16.9. The number of likely N-dealkylation sites (tertiary alicyclic amines) is 1. The molecule has 1 aliphatic rings. The van der Waals surface area contributed by atoms with E-state index in [-0.39, 0.29) is 13.2 Å². The van der Waals surface area contributed by atoms with Crippen LogP contribution in [0.5, 0.6) is 5.75 Å². The fourth-order valence-corrected chi connectivity index (χ4v) is 2.95. The Bertz CT molecular complexity index is 555. The minimum absolute atomic E-state index is 0.182. The largest absolute Gasteiger partial charge is 0.483 e. The average molecular weight is 343 g/mol. The molecule has 0 radical (unpaired) electrons. The summed E-state index contributed by atoms with van der Waals surface area (Å²) in [7, 11) is 0. The molecule has 7 heteroatoms. The van der Waals surface area contributed by atoms with Gasteiger partial charge in [-0.15, -0.1) is 0 Å². The van der Waals surface area contributed by atoms with Gasteiger partial charge in [0.05, 0.1) is 12.2 Å². The third kappa shape index (κ3) is 5.35. The maximum absolute atomic E-state index is 10.9. The molecule has 0 unspecified atom stereocenters. The number of carbonyl (C=O) groups excluding carboxylic acids is 1. The van der Waals surface area contributed by atoms with Crippen molar-refractivity contribution in [2.75, 3.05) is 26.3 Å². The number of benzene rings is 1. The van der Waals surface area contributed by atoms with E-state index in [9.17, 15) is 15.0 Å². The number of primary amides is 1. The lowest BCUT2D eigenvalue weighted by atomic mass is 9.96. The summed E-state index contributed by atoms with van der Waals surface area (Å²) in [5, 5.41) is 20.1. The van der Waals surface area contributed by atoms with E-state index in [1.807, 2.05) is 0 Å². The van der Waals surface area contributed by atoms with E-state index < -0.39 is 11.5 Å². The first-order valence-corrected chi connectivity index (χ1v) is 8.05. The molecule has 0 aromatic heterocycles. The van der Waals surface area contributed by atoms with Crippen LogP contribution >= 0.6 is 11.6 Å². The predicted octanol–water partition coefficient (Wildman–Crippen LogP) is 0.913. The van der Waals surface area contributed by atoms with E-state index in [0.717, 1.165) is 18.5 Å². The van der Waals surface area contributed by atoms with Crippen molar-refractivity contribution < 1.29 is 19.7 Å². The molecule has 0 saturated carbocycles. The molecule has 23 heavy (non-hydrogen) atoms. The number of amides is 1. The van der Waals surface area contributed by atoms with Gasteiger partial charge < -0.3 is 20.7 Å². The van der Waals surface area contributed by atoms with E-state index >= 15 is 0 Å². The highest BCUT2D eigenvalue weighted by Gasteiger charge is 2.29. The van der Waals surface area contributed by atoms with Gasteiger partial charge in [-0.25, -0.2) is 0 Å². The van der Waals surface area contributed by atoms with E-state index in [1.54, 1.807) is 18.2 Å². The number of hydrogen-bond donors (Lipinski definition) is 3. The quantitative estimate of drug-likeness (QED) is 0.714. The Morgan fingerprint density at radius 3 is 2.87 bits per heavy atom. The van der Waals surface area contributed by atoms with Crippen molar-refractivity contribution in [2.45, 2.75) is 31.4 Å². The first kappa shape index (κ1) is 18.0. The summed E-state index contributed by atoms with van der Waals surface area (Å²) in [6, 6.07) is 5.23. The summed E-state index contributed by atoms with van der Waals surface area (Å²) >= 11 is 6.06. The molecule has 1 amide bonds. The zero-order valence-electron chi connectivity index (χ0n) is 13.0. The first-order valence-electron chi connectivity index (χ1n) is 7.67. The van der Waals surface area contributed by atoms with E-state index in [2.05, 4.69) is 4.90 Å². The minimum atomic E-state index is -0.992. The summed E-state index contributed by atoms with van der Waals surface area (Å²) in [4.78, 5) is 13.1. The Balaban J connectivity index is 2.06. The Labute approximate surface area is 140 Å². The van der Waals surface area contributed by atoms with Crippen molar-refractivity contribution in [3.05, 3.63) is 28.8 Å². The van der Waals surface area contributed by atoms with E-state index in [0.29, 0.717) is 36.7 Å². The number of rotatable bonds is 6. The third-order valence-corrected chi connectivity index (χ3v) is 4.33. The molecular formula is C16H23ClN2O4. The predicted molar refractivity (Wildman–Crippen MR) is 87.3 cm³/mol. The number of aliphatic hydroxyl groups excluding tert-OH is 1. The standard InChI is InChI=1S/C16H23ClN2O4/c17-13-2-3-14(23-10-15(18)21)12(8-13)9-19-6-1-4-16(22,11-20)5-7-19/h2-3,8,20,22H,1,4-7,9-11H2,(H2,18,21)/t16-/m0/s1. The topological polar surface area (TPSA) is 96.0 Å². The van der Waals surface area contributed by atoms with Crippen LogP contribution < -0.4 is 10.5 Å². The molecule has 6 nitrogen and oxygen atoms in total. The van der Waals surface area contributed by atoms with Crippen LogP contribution in [-0.2, 0) is 11.3 Å². The number of nitrogens with zero attached hydrogens (tertiary/aromatic N) is 1. The highest BCUT2D eigenvalue weighted by atomic mass is 35.5. The number of hydrogen-bond acceptors (Lipinski definition) is 5. The molecule has 1 heterocycles. The SMILES string of the molecule is NC(=O)COc1ccc(Cl)cc1CN1CCC[C@@](O)(CO)CC1. The van der Waals surface area contributed by atoms with Crippen LogP contribution in [0.2, 0.25) is 5.02 Å². The van der Waals surface area contributed by atoms with Crippen LogP contribution in [0.4, 0.5) is 0 Å². The Kier molecular flexibility index (Phi) is 6.24. The van der Waals surface area contributed by atoms with Crippen molar-refractivity contribution in [1.29, 1.82) is 0 Å². The van der Waals surface area contributed by atoms with Gasteiger partial charge in [0.1, 0.15) is 5.75 Å². The number of ether oxygens (including phenoxy) is 1. The van der Waals surface area contributed by atoms with Gasteiger partial charge in [0.25, 0.3) is 5.91 Å². The van der Waals surface area contributed by atoms with Gasteiger partial charge in [-0.3, -0.25) is 9.69 Å². The van der Waals surface area contributed by atoms with Crippen LogP contribution in [0.3, 0.4) is 0 Å².